The second-order valence-electron chi connectivity index (χ2n) is 5.22. The van der Waals surface area contributed by atoms with Crippen LogP contribution in [0.2, 0.25) is 0 Å². The molecule has 25 heavy (non-hydrogen) atoms. The molecule has 2 rings (SSSR count). The summed E-state index contributed by atoms with van der Waals surface area (Å²) in [5, 5.41) is 2.58. The minimum Gasteiger partial charge on any atom is -0.496 e. The normalized spacial score (nSPS) is 13.6. The van der Waals surface area contributed by atoms with Crippen LogP contribution in [0.4, 0.5) is 4.79 Å². The SMILES string of the molecule is COc1cc(CCNC(=O)OCOC(=O)C2COC2)c(OC)cc1Br. The van der Waals surface area contributed by atoms with Crippen molar-refractivity contribution >= 4 is 28.0 Å². The molecule has 8 nitrogen and oxygen atoms in total. The van der Waals surface area contributed by atoms with Gasteiger partial charge in [0.05, 0.1) is 31.9 Å². The average Bonchev–Trinajstić information content (AvgIpc) is 2.54. The molecule has 1 saturated heterocycles. The van der Waals surface area contributed by atoms with Gasteiger partial charge in [0.1, 0.15) is 17.4 Å². The van der Waals surface area contributed by atoms with Gasteiger partial charge >= 0.3 is 12.1 Å². The van der Waals surface area contributed by atoms with Crippen LogP contribution in [0.15, 0.2) is 16.6 Å². The number of nitrogens with one attached hydrogen (secondary N) is 1. The first-order valence-electron chi connectivity index (χ1n) is 7.60. The highest BCUT2D eigenvalue weighted by Crippen LogP contribution is 2.32. The summed E-state index contributed by atoms with van der Waals surface area (Å²) < 4.78 is 25.8. The quantitative estimate of drug-likeness (QED) is 0.509. The molecule has 1 aromatic carbocycles. The van der Waals surface area contributed by atoms with E-state index in [1.54, 1.807) is 20.3 Å². The smallest absolute Gasteiger partial charge is 0.410 e. The van der Waals surface area contributed by atoms with Crippen molar-refractivity contribution in [2.24, 2.45) is 5.92 Å². The van der Waals surface area contributed by atoms with Crippen LogP contribution in [0.3, 0.4) is 0 Å². The molecule has 0 saturated carbocycles. The van der Waals surface area contributed by atoms with Gasteiger partial charge in [-0.2, -0.15) is 0 Å². The van der Waals surface area contributed by atoms with Gasteiger partial charge in [0.15, 0.2) is 0 Å². The molecular formula is C16H20BrNO7. The number of hydrogen-bond donors (Lipinski definition) is 1. The number of ether oxygens (including phenoxy) is 5. The maximum Gasteiger partial charge on any atom is 0.410 e. The average molecular weight is 418 g/mol. The third-order valence-electron chi connectivity index (χ3n) is 3.58. The number of benzene rings is 1. The number of methoxy groups -OCH3 is 2. The van der Waals surface area contributed by atoms with Gasteiger partial charge in [-0.15, -0.1) is 0 Å². The van der Waals surface area contributed by atoms with Crippen LogP contribution < -0.4 is 14.8 Å². The van der Waals surface area contributed by atoms with Crippen molar-refractivity contribution < 1.29 is 33.3 Å². The summed E-state index contributed by atoms with van der Waals surface area (Å²) in [5.41, 5.74) is 0.874. The Balaban J connectivity index is 1.72. The summed E-state index contributed by atoms with van der Waals surface area (Å²) in [7, 11) is 3.14. The summed E-state index contributed by atoms with van der Waals surface area (Å²) in [6, 6.07) is 3.63. The molecule has 0 spiro atoms. The molecule has 0 radical (unpaired) electrons. The first-order valence-corrected chi connectivity index (χ1v) is 8.39. The van der Waals surface area contributed by atoms with Crippen LogP contribution in [-0.2, 0) is 25.4 Å². The minimum absolute atomic E-state index is 0.258. The van der Waals surface area contributed by atoms with E-state index in [4.69, 9.17) is 23.7 Å². The molecule has 9 heteroatoms. The van der Waals surface area contributed by atoms with Crippen LogP contribution in [0.5, 0.6) is 11.5 Å². The maximum absolute atomic E-state index is 11.6. The Hall–Kier alpha value is -2.00. The molecule has 0 bridgehead atoms. The Bertz CT molecular complexity index is 619. The number of esters is 1. The van der Waals surface area contributed by atoms with Gasteiger partial charge in [-0.1, -0.05) is 0 Å². The Morgan fingerprint density at radius 2 is 1.92 bits per heavy atom. The standard InChI is InChI=1S/C16H20BrNO7/c1-21-13-6-12(17)14(22-2)5-10(13)3-4-18-16(20)25-9-24-15(19)11-7-23-8-11/h5-6,11H,3-4,7-9H2,1-2H3,(H,18,20). The fourth-order valence-electron chi connectivity index (χ4n) is 2.10. The first-order chi connectivity index (χ1) is 12.0. The predicted molar refractivity (Wildman–Crippen MR) is 90.7 cm³/mol. The van der Waals surface area contributed by atoms with Crippen molar-refractivity contribution in [3.63, 3.8) is 0 Å². The second kappa shape index (κ2) is 9.47. The van der Waals surface area contributed by atoms with E-state index >= 15 is 0 Å². The van der Waals surface area contributed by atoms with E-state index in [9.17, 15) is 9.59 Å². The lowest BCUT2D eigenvalue weighted by atomic mass is 10.1. The fourth-order valence-corrected chi connectivity index (χ4v) is 2.58. The van der Waals surface area contributed by atoms with E-state index < -0.39 is 18.9 Å². The lowest BCUT2D eigenvalue weighted by Gasteiger charge is -2.23. The topological polar surface area (TPSA) is 92.3 Å². The summed E-state index contributed by atoms with van der Waals surface area (Å²) in [4.78, 5) is 23.0. The molecule has 0 aliphatic carbocycles. The molecule has 0 atom stereocenters. The van der Waals surface area contributed by atoms with Crippen LogP contribution in [-0.4, -0.2) is 52.8 Å². The van der Waals surface area contributed by atoms with Gasteiger partial charge < -0.3 is 29.0 Å². The van der Waals surface area contributed by atoms with Crippen LogP contribution in [0.25, 0.3) is 0 Å². The number of amides is 1. The lowest BCUT2D eigenvalue weighted by Crippen LogP contribution is -2.37. The highest BCUT2D eigenvalue weighted by Gasteiger charge is 2.28. The number of carbonyl (C=O) groups excluding carboxylic acids is 2. The number of hydrogen-bond acceptors (Lipinski definition) is 7. The molecule has 1 heterocycles. The Morgan fingerprint density at radius 1 is 1.20 bits per heavy atom. The summed E-state index contributed by atoms with van der Waals surface area (Å²) >= 11 is 3.39. The van der Waals surface area contributed by atoms with E-state index in [0.717, 1.165) is 10.0 Å². The summed E-state index contributed by atoms with van der Waals surface area (Å²) in [6.45, 7) is 0.605. The van der Waals surface area contributed by atoms with Gasteiger partial charge in [0.25, 0.3) is 0 Å². The molecule has 0 aromatic heterocycles. The van der Waals surface area contributed by atoms with Crippen molar-refractivity contribution in [3.8, 4) is 11.5 Å². The Kier molecular flexibility index (Phi) is 7.32. The molecule has 1 fully saturated rings. The van der Waals surface area contributed by atoms with E-state index in [1.807, 2.05) is 6.07 Å². The van der Waals surface area contributed by atoms with Gasteiger partial charge in [0, 0.05) is 6.54 Å². The van der Waals surface area contributed by atoms with Crippen molar-refractivity contribution in [1.82, 2.24) is 5.32 Å². The summed E-state index contributed by atoms with van der Waals surface area (Å²) in [6.07, 6.45) is -0.151. The van der Waals surface area contributed by atoms with Gasteiger partial charge in [-0.05, 0) is 40.0 Å². The Labute approximate surface area is 153 Å². The lowest BCUT2D eigenvalue weighted by molar-refractivity contribution is -0.171. The van der Waals surface area contributed by atoms with Gasteiger partial charge in [0.2, 0.25) is 6.79 Å². The number of halogens is 1. The second-order valence-corrected chi connectivity index (χ2v) is 6.08. The highest BCUT2D eigenvalue weighted by atomic mass is 79.9. The zero-order valence-corrected chi connectivity index (χ0v) is 15.6. The van der Waals surface area contributed by atoms with Gasteiger partial charge in [-0.3, -0.25) is 4.79 Å². The molecule has 138 valence electrons. The zero-order valence-electron chi connectivity index (χ0n) is 14.0. The molecule has 0 unspecified atom stereocenters. The summed E-state index contributed by atoms with van der Waals surface area (Å²) in [5.74, 6) is 0.669. The van der Waals surface area contributed by atoms with E-state index in [-0.39, 0.29) is 5.92 Å². The predicted octanol–water partition coefficient (Wildman–Crippen LogP) is 1.88. The van der Waals surface area contributed by atoms with E-state index in [1.165, 1.54) is 0 Å². The molecule has 1 N–H and O–H groups in total. The van der Waals surface area contributed by atoms with Crippen LogP contribution in [0.1, 0.15) is 5.56 Å². The fraction of sp³-hybridized carbons (Fsp3) is 0.500. The van der Waals surface area contributed by atoms with E-state index in [0.29, 0.717) is 37.7 Å². The Morgan fingerprint density at radius 3 is 2.52 bits per heavy atom. The molecule has 1 amide bonds. The monoisotopic (exact) mass is 417 g/mol. The van der Waals surface area contributed by atoms with Crippen molar-refractivity contribution in [3.05, 3.63) is 22.2 Å². The molecule has 1 aliphatic heterocycles. The molecule has 1 aliphatic rings. The highest BCUT2D eigenvalue weighted by molar-refractivity contribution is 9.10. The molecule has 1 aromatic rings. The van der Waals surface area contributed by atoms with Crippen molar-refractivity contribution in [2.75, 3.05) is 40.8 Å². The van der Waals surface area contributed by atoms with Crippen LogP contribution >= 0.6 is 15.9 Å². The number of rotatable bonds is 8. The van der Waals surface area contributed by atoms with Crippen molar-refractivity contribution in [2.45, 2.75) is 6.42 Å². The van der Waals surface area contributed by atoms with Crippen molar-refractivity contribution in [1.29, 1.82) is 0 Å². The number of alkyl carbamates (subject to hydrolysis) is 1. The maximum atomic E-state index is 11.6. The van der Waals surface area contributed by atoms with Crippen LogP contribution in [0, 0.1) is 5.92 Å². The number of carbonyl (C=O) groups is 2. The first kappa shape index (κ1) is 19.3. The third-order valence-corrected chi connectivity index (χ3v) is 4.20. The van der Waals surface area contributed by atoms with E-state index in [2.05, 4.69) is 21.2 Å². The van der Waals surface area contributed by atoms with Gasteiger partial charge in [-0.25, -0.2) is 4.79 Å². The zero-order chi connectivity index (χ0) is 18.2. The minimum atomic E-state index is -0.666. The molecular weight excluding hydrogens is 398 g/mol. The third kappa shape index (κ3) is 5.50. The largest absolute Gasteiger partial charge is 0.496 e.